The second-order valence-electron chi connectivity index (χ2n) is 4.70. The first-order valence-corrected chi connectivity index (χ1v) is 7.01. The summed E-state index contributed by atoms with van der Waals surface area (Å²) in [7, 11) is 0. The number of nitrogens with zero attached hydrogens (tertiary/aromatic N) is 2. The highest BCUT2D eigenvalue weighted by Crippen LogP contribution is 2.32. The molecule has 0 saturated carbocycles. The minimum absolute atomic E-state index is 0.464. The molecule has 0 atom stereocenters. The summed E-state index contributed by atoms with van der Waals surface area (Å²) in [6.45, 7) is 5.06. The molecule has 0 fully saturated rings. The van der Waals surface area contributed by atoms with E-state index in [1.165, 1.54) is 0 Å². The van der Waals surface area contributed by atoms with E-state index < -0.39 is 0 Å². The number of ether oxygens (including phenoxy) is 4. The van der Waals surface area contributed by atoms with E-state index in [0.29, 0.717) is 51.1 Å². The van der Waals surface area contributed by atoms with Gasteiger partial charge in [-0.2, -0.15) is 0 Å². The molecule has 1 aliphatic rings. The van der Waals surface area contributed by atoms with Gasteiger partial charge >= 0.3 is 0 Å². The number of aromatic nitrogens is 2. The molecule has 0 spiro atoms. The van der Waals surface area contributed by atoms with Crippen molar-refractivity contribution in [3.63, 3.8) is 0 Å². The van der Waals surface area contributed by atoms with Crippen molar-refractivity contribution in [1.82, 2.24) is 9.97 Å². The van der Waals surface area contributed by atoms with Crippen molar-refractivity contribution in [2.24, 2.45) is 0 Å². The van der Waals surface area contributed by atoms with E-state index in [2.05, 4.69) is 9.97 Å². The van der Waals surface area contributed by atoms with Crippen LogP contribution in [0.3, 0.4) is 0 Å². The van der Waals surface area contributed by atoms with E-state index in [0.717, 1.165) is 16.6 Å². The molecule has 2 heterocycles. The van der Waals surface area contributed by atoms with Crippen LogP contribution in [0.1, 0.15) is 5.69 Å². The smallest absolute Gasteiger partial charge is 0.163 e. The van der Waals surface area contributed by atoms with Crippen LogP contribution in [-0.2, 0) is 9.47 Å². The number of aryl methyl sites for hydroxylation is 1. The Bertz CT molecular complexity index is 618. The predicted molar refractivity (Wildman–Crippen MR) is 76.9 cm³/mol. The Morgan fingerprint density at radius 1 is 0.810 bits per heavy atom. The van der Waals surface area contributed by atoms with Gasteiger partial charge in [-0.3, -0.25) is 0 Å². The Hall–Kier alpha value is -1.92. The lowest BCUT2D eigenvalue weighted by atomic mass is 10.2. The molecule has 1 aliphatic heterocycles. The van der Waals surface area contributed by atoms with Gasteiger partial charge < -0.3 is 18.9 Å². The normalized spacial score (nSPS) is 17.0. The van der Waals surface area contributed by atoms with Gasteiger partial charge in [-0.25, -0.2) is 9.97 Å². The van der Waals surface area contributed by atoms with Gasteiger partial charge in [0, 0.05) is 17.1 Å². The molecule has 6 nitrogen and oxygen atoms in total. The summed E-state index contributed by atoms with van der Waals surface area (Å²) in [5.41, 5.74) is 1.76. The molecule has 0 saturated heterocycles. The molecule has 0 bridgehead atoms. The molecule has 1 aromatic carbocycles. The molecule has 3 rings (SSSR count). The summed E-state index contributed by atoms with van der Waals surface area (Å²) in [6.07, 6.45) is 1.55. The largest absolute Gasteiger partial charge is 0.487 e. The van der Waals surface area contributed by atoms with Crippen LogP contribution in [-0.4, -0.2) is 49.6 Å². The fraction of sp³-hybridized carbons (Fsp3) is 0.467. The van der Waals surface area contributed by atoms with E-state index in [1.54, 1.807) is 6.33 Å². The standard InChI is InChI=1S/C15H18N2O4/c1-11-12-8-14-15(9-13(12)17-10-16-11)21-7-5-19-3-2-18-4-6-20-14/h8-10H,2-7H2,1H3. The molecular formula is C15H18N2O4. The van der Waals surface area contributed by atoms with E-state index in [1.807, 2.05) is 19.1 Å². The SMILES string of the molecule is Cc1ncnc2cc3c(cc12)OCCOCCOCCO3. The molecule has 0 unspecified atom stereocenters. The Morgan fingerprint density at radius 2 is 1.43 bits per heavy atom. The zero-order valence-electron chi connectivity index (χ0n) is 12.0. The highest BCUT2D eigenvalue weighted by atomic mass is 16.6. The molecular weight excluding hydrogens is 272 g/mol. The van der Waals surface area contributed by atoms with Gasteiger partial charge in [-0.1, -0.05) is 0 Å². The monoisotopic (exact) mass is 290 g/mol. The van der Waals surface area contributed by atoms with Crippen LogP contribution in [0.25, 0.3) is 10.9 Å². The molecule has 0 amide bonds. The third-order valence-electron chi connectivity index (χ3n) is 3.24. The topological polar surface area (TPSA) is 62.7 Å². The van der Waals surface area contributed by atoms with E-state index in [-0.39, 0.29) is 0 Å². The molecule has 0 aliphatic carbocycles. The third kappa shape index (κ3) is 3.40. The van der Waals surface area contributed by atoms with Crippen molar-refractivity contribution in [3.05, 3.63) is 24.2 Å². The lowest BCUT2D eigenvalue weighted by Crippen LogP contribution is -2.15. The van der Waals surface area contributed by atoms with Gasteiger partial charge in [0.1, 0.15) is 19.5 Å². The summed E-state index contributed by atoms with van der Waals surface area (Å²) in [6, 6.07) is 3.80. The number of hydrogen-bond acceptors (Lipinski definition) is 6. The number of hydrogen-bond donors (Lipinski definition) is 0. The van der Waals surface area contributed by atoms with Crippen LogP contribution in [0.4, 0.5) is 0 Å². The lowest BCUT2D eigenvalue weighted by molar-refractivity contribution is 0.0224. The van der Waals surface area contributed by atoms with Crippen molar-refractivity contribution in [3.8, 4) is 11.5 Å². The van der Waals surface area contributed by atoms with E-state index in [9.17, 15) is 0 Å². The first kappa shape index (κ1) is 14.0. The highest BCUT2D eigenvalue weighted by Gasteiger charge is 2.11. The average molecular weight is 290 g/mol. The summed E-state index contributed by atoms with van der Waals surface area (Å²) >= 11 is 0. The Balaban J connectivity index is 1.92. The number of benzene rings is 1. The second-order valence-corrected chi connectivity index (χ2v) is 4.70. The maximum atomic E-state index is 5.78. The molecule has 6 heteroatoms. The van der Waals surface area contributed by atoms with E-state index >= 15 is 0 Å². The first-order chi connectivity index (χ1) is 10.3. The second kappa shape index (κ2) is 6.69. The van der Waals surface area contributed by atoms with Crippen LogP contribution in [0.15, 0.2) is 18.5 Å². The maximum absolute atomic E-state index is 5.78. The quantitative estimate of drug-likeness (QED) is 0.736. The summed E-state index contributed by atoms with van der Waals surface area (Å²) in [5.74, 6) is 1.36. The van der Waals surface area contributed by atoms with Gasteiger partial charge in [0.2, 0.25) is 0 Å². The Morgan fingerprint density at radius 3 is 2.14 bits per heavy atom. The molecule has 112 valence electrons. The molecule has 2 aromatic rings. The van der Waals surface area contributed by atoms with Gasteiger partial charge in [0.05, 0.1) is 31.9 Å². The summed E-state index contributed by atoms with van der Waals surface area (Å²) in [5, 5.41) is 0.962. The van der Waals surface area contributed by atoms with Gasteiger partial charge in [-0.05, 0) is 13.0 Å². The Labute approximate surface area is 123 Å². The van der Waals surface area contributed by atoms with Crippen LogP contribution < -0.4 is 9.47 Å². The van der Waals surface area contributed by atoms with Crippen molar-refractivity contribution in [2.75, 3.05) is 39.6 Å². The number of rotatable bonds is 0. The fourth-order valence-corrected chi connectivity index (χ4v) is 2.16. The zero-order chi connectivity index (χ0) is 14.5. The van der Waals surface area contributed by atoms with Crippen LogP contribution >= 0.6 is 0 Å². The van der Waals surface area contributed by atoms with Crippen LogP contribution in [0, 0.1) is 6.92 Å². The molecule has 0 N–H and O–H groups in total. The van der Waals surface area contributed by atoms with Crippen molar-refractivity contribution < 1.29 is 18.9 Å². The van der Waals surface area contributed by atoms with Crippen LogP contribution in [0.2, 0.25) is 0 Å². The first-order valence-electron chi connectivity index (χ1n) is 7.01. The Kier molecular flexibility index (Phi) is 4.47. The van der Waals surface area contributed by atoms with Crippen LogP contribution in [0.5, 0.6) is 11.5 Å². The van der Waals surface area contributed by atoms with Gasteiger partial charge in [0.25, 0.3) is 0 Å². The van der Waals surface area contributed by atoms with E-state index in [4.69, 9.17) is 18.9 Å². The highest BCUT2D eigenvalue weighted by molar-refractivity contribution is 5.84. The lowest BCUT2D eigenvalue weighted by Gasteiger charge is -2.16. The summed E-state index contributed by atoms with van der Waals surface area (Å²) in [4.78, 5) is 8.48. The number of fused-ring (bicyclic) bond motifs is 2. The zero-order valence-corrected chi connectivity index (χ0v) is 12.0. The minimum atomic E-state index is 0.464. The molecule has 0 radical (unpaired) electrons. The fourth-order valence-electron chi connectivity index (χ4n) is 2.16. The average Bonchev–Trinajstić information content (AvgIpc) is 2.48. The molecule has 1 aromatic heterocycles. The predicted octanol–water partition coefficient (Wildman–Crippen LogP) is 1.74. The summed E-state index contributed by atoms with van der Waals surface area (Å²) < 4.78 is 22.4. The van der Waals surface area contributed by atoms with Crippen molar-refractivity contribution >= 4 is 10.9 Å². The maximum Gasteiger partial charge on any atom is 0.163 e. The minimum Gasteiger partial charge on any atom is -0.487 e. The van der Waals surface area contributed by atoms with Crippen molar-refractivity contribution in [2.45, 2.75) is 6.92 Å². The van der Waals surface area contributed by atoms with Gasteiger partial charge in [0.15, 0.2) is 11.5 Å². The molecule has 21 heavy (non-hydrogen) atoms. The van der Waals surface area contributed by atoms with Crippen molar-refractivity contribution in [1.29, 1.82) is 0 Å². The van der Waals surface area contributed by atoms with Gasteiger partial charge in [-0.15, -0.1) is 0 Å². The third-order valence-corrected chi connectivity index (χ3v) is 3.24.